The van der Waals surface area contributed by atoms with Gasteiger partial charge in [-0.2, -0.15) is 18.2 Å². The monoisotopic (exact) mass is 538 g/mol. The topological polar surface area (TPSA) is 91.8 Å². The van der Waals surface area contributed by atoms with E-state index < -0.39 is 28.7 Å². The van der Waals surface area contributed by atoms with Crippen molar-refractivity contribution in [3.8, 4) is 16.9 Å². The molecule has 8 nitrogen and oxygen atoms in total. The zero-order valence-corrected chi connectivity index (χ0v) is 20.9. The molecule has 202 valence electrons. The van der Waals surface area contributed by atoms with Gasteiger partial charge in [-0.1, -0.05) is 6.07 Å². The Morgan fingerprint density at radius 1 is 0.923 bits per heavy atom. The van der Waals surface area contributed by atoms with Gasteiger partial charge in [-0.05, 0) is 55.5 Å². The van der Waals surface area contributed by atoms with Gasteiger partial charge in [-0.15, -0.1) is 0 Å². The summed E-state index contributed by atoms with van der Waals surface area (Å²) in [6, 6.07) is 10.5. The predicted molar refractivity (Wildman–Crippen MR) is 140 cm³/mol. The summed E-state index contributed by atoms with van der Waals surface area (Å²) in [5.41, 5.74) is -0.297. The number of alkyl halides is 3. The normalized spacial score (nSPS) is 16.0. The fraction of sp³-hybridized carbons (Fsp3) is 0.321. The van der Waals surface area contributed by atoms with Gasteiger partial charge in [0.15, 0.2) is 11.0 Å². The van der Waals surface area contributed by atoms with Crippen LogP contribution in [0.15, 0.2) is 57.9 Å². The Bertz CT molecular complexity index is 1630. The number of pyridine rings is 1. The number of aromatic carboxylic acids is 1. The first-order valence-corrected chi connectivity index (χ1v) is 12.8. The molecule has 4 heterocycles. The Hall–Kier alpha value is -4.28. The Kier molecular flexibility index (Phi) is 6.08. The highest BCUT2D eigenvalue weighted by Crippen LogP contribution is 2.40. The van der Waals surface area contributed by atoms with E-state index in [4.69, 9.17) is 4.42 Å². The first kappa shape index (κ1) is 25.0. The maximum atomic E-state index is 14.2. The molecule has 4 aromatic rings. The molecule has 2 aliphatic heterocycles. The Morgan fingerprint density at radius 3 is 2.28 bits per heavy atom. The maximum absolute atomic E-state index is 14.2. The van der Waals surface area contributed by atoms with Crippen molar-refractivity contribution in [2.75, 3.05) is 36.0 Å². The standard InChI is InChI=1S/C28H25F3N4O4/c29-28(30,31)20-13-17(5-8-22(20)33-9-1-2-10-33)23-15-24(36)19(26(37)38)16-35(23)18-6-7-21-25(14-18)39-27(32-21)34-11-3-4-12-34/h5-8,13-16H,1-4,9-12H2,(H,37,38). The molecule has 1 N–H and O–H groups in total. The van der Waals surface area contributed by atoms with Crippen LogP contribution in [0.1, 0.15) is 41.6 Å². The zero-order chi connectivity index (χ0) is 27.3. The molecule has 6 rings (SSSR count). The molecular formula is C28H25F3N4O4. The Labute approximate surface area is 220 Å². The molecule has 11 heteroatoms. The number of rotatable bonds is 5. The SMILES string of the molecule is O=C(O)c1cn(-c2ccc3nc(N4CCCC4)oc3c2)c(-c2ccc(N3CCCC3)c(C(F)(F)F)c2)cc1=O. The smallest absolute Gasteiger partial charge is 0.418 e. The fourth-order valence-electron chi connectivity index (χ4n) is 5.38. The van der Waals surface area contributed by atoms with Gasteiger partial charge in [0.1, 0.15) is 11.1 Å². The van der Waals surface area contributed by atoms with Crippen molar-refractivity contribution in [3.05, 3.63) is 70.0 Å². The maximum Gasteiger partial charge on any atom is 0.418 e. The number of carbonyl (C=O) groups is 1. The van der Waals surface area contributed by atoms with Gasteiger partial charge in [0.25, 0.3) is 6.01 Å². The number of carboxylic acid groups (broad SMARTS) is 1. The van der Waals surface area contributed by atoms with Crippen LogP contribution in [0.4, 0.5) is 24.9 Å². The number of fused-ring (bicyclic) bond motifs is 1. The van der Waals surface area contributed by atoms with Crippen LogP contribution >= 0.6 is 0 Å². The molecule has 0 amide bonds. The number of anilines is 2. The van der Waals surface area contributed by atoms with E-state index in [1.54, 1.807) is 23.1 Å². The van der Waals surface area contributed by atoms with Crippen molar-refractivity contribution in [1.82, 2.24) is 9.55 Å². The van der Waals surface area contributed by atoms with Crippen molar-refractivity contribution < 1.29 is 27.5 Å². The lowest BCUT2D eigenvalue weighted by Crippen LogP contribution is -2.22. The molecule has 0 bridgehead atoms. The summed E-state index contributed by atoms with van der Waals surface area (Å²) in [5.74, 6) is -1.43. The molecule has 0 aliphatic carbocycles. The number of aromatic nitrogens is 2. The Balaban J connectivity index is 1.51. The van der Waals surface area contributed by atoms with Gasteiger partial charge < -0.3 is 23.9 Å². The minimum absolute atomic E-state index is 0.0947. The van der Waals surface area contributed by atoms with Crippen molar-refractivity contribution in [1.29, 1.82) is 0 Å². The van der Waals surface area contributed by atoms with Crippen LogP contribution in [0.2, 0.25) is 0 Å². The average Bonchev–Trinajstić information content (AvgIpc) is 3.69. The lowest BCUT2D eigenvalue weighted by Gasteiger charge is -2.24. The number of benzene rings is 2. The van der Waals surface area contributed by atoms with Gasteiger partial charge in [0.2, 0.25) is 0 Å². The second kappa shape index (κ2) is 9.48. The van der Waals surface area contributed by atoms with Crippen LogP contribution in [0.5, 0.6) is 0 Å². The summed E-state index contributed by atoms with van der Waals surface area (Å²) in [6.45, 7) is 2.75. The molecule has 0 atom stereocenters. The van der Waals surface area contributed by atoms with Crippen molar-refractivity contribution in [2.24, 2.45) is 0 Å². The molecule has 0 unspecified atom stereocenters. The van der Waals surface area contributed by atoms with E-state index in [-0.39, 0.29) is 16.9 Å². The van der Waals surface area contributed by atoms with Crippen LogP contribution in [0.25, 0.3) is 28.0 Å². The fourth-order valence-corrected chi connectivity index (χ4v) is 5.38. The summed E-state index contributed by atoms with van der Waals surface area (Å²) in [4.78, 5) is 32.8. The van der Waals surface area contributed by atoms with Crippen LogP contribution < -0.4 is 15.2 Å². The third kappa shape index (κ3) is 4.62. The summed E-state index contributed by atoms with van der Waals surface area (Å²) >= 11 is 0. The lowest BCUT2D eigenvalue weighted by molar-refractivity contribution is -0.137. The largest absolute Gasteiger partial charge is 0.477 e. The number of hydrogen-bond donors (Lipinski definition) is 1. The van der Waals surface area contributed by atoms with Crippen molar-refractivity contribution >= 4 is 28.8 Å². The van der Waals surface area contributed by atoms with Crippen LogP contribution in [0, 0.1) is 0 Å². The molecule has 0 spiro atoms. The number of carboxylic acids is 1. The minimum atomic E-state index is -4.62. The van der Waals surface area contributed by atoms with E-state index >= 15 is 0 Å². The van der Waals surface area contributed by atoms with Crippen LogP contribution in [-0.2, 0) is 6.18 Å². The summed E-state index contributed by atoms with van der Waals surface area (Å²) < 4.78 is 49.9. The molecule has 0 radical (unpaired) electrons. The highest BCUT2D eigenvalue weighted by molar-refractivity contribution is 5.88. The van der Waals surface area contributed by atoms with Gasteiger partial charge in [0.05, 0.1) is 11.3 Å². The second-order valence-electron chi connectivity index (χ2n) is 9.88. The number of hydrogen-bond acceptors (Lipinski definition) is 6. The van der Waals surface area contributed by atoms with E-state index in [0.29, 0.717) is 35.9 Å². The van der Waals surface area contributed by atoms with Gasteiger partial charge in [0, 0.05) is 55.9 Å². The molecule has 2 aromatic heterocycles. The minimum Gasteiger partial charge on any atom is -0.477 e. The third-order valence-electron chi connectivity index (χ3n) is 7.34. The number of nitrogens with zero attached hydrogens (tertiary/aromatic N) is 4. The highest BCUT2D eigenvalue weighted by Gasteiger charge is 2.36. The Morgan fingerprint density at radius 2 is 1.62 bits per heavy atom. The van der Waals surface area contributed by atoms with Crippen LogP contribution in [0.3, 0.4) is 0 Å². The summed E-state index contributed by atoms with van der Waals surface area (Å²) in [6.07, 6.45) is 0.237. The molecule has 39 heavy (non-hydrogen) atoms. The number of halogens is 3. The lowest BCUT2D eigenvalue weighted by atomic mass is 10.0. The van der Waals surface area contributed by atoms with E-state index in [1.165, 1.54) is 16.7 Å². The van der Waals surface area contributed by atoms with E-state index in [2.05, 4.69) is 4.98 Å². The van der Waals surface area contributed by atoms with Crippen LogP contribution in [-0.4, -0.2) is 46.8 Å². The molecule has 2 fully saturated rings. The third-order valence-corrected chi connectivity index (χ3v) is 7.34. The first-order chi connectivity index (χ1) is 18.7. The predicted octanol–water partition coefficient (Wildman–Crippen LogP) is 5.56. The van der Waals surface area contributed by atoms with Gasteiger partial charge in [-0.3, -0.25) is 4.79 Å². The summed E-state index contributed by atoms with van der Waals surface area (Å²) in [7, 11) is 0. The first-order valence-electron chi connectivity index (χ1n) is 12.8. The molecule has 2 aromatic carbocycles. The van der Waals surface area contributed by atoms with Crippen molar-refractivity contribution in [3.63, 3.8) is 0 Å². The van der Waals surface area contributed by atoms with E-state index in [0.717, 1.165) is 57.1 Å². The van der Waals surface area contributed by atoms with E-state index in [1.807, 2.05) is 4.90 Å². The molecular weight excluding hydrogens is 513 g/mol. The zero-order valence-electron chi connectivity index (χ0n) is 20.9. The van der Waals surface area contributed by atoms with Gasteiger partial charge in [-0.25, -0.2) is 4.79 Å². The second-order valence-corrected chi connectivity index (χ2v) is 9.88. The summed E-state index contributed by atoms with van der Waals surface area (Å²) in [5, 5.41) is 9.60. The van der Waals surface area contributed by atoms with Gasteiger partial charge >= 0.3 is 12.1 Å². The molecule has 2 aliphatic rings. The molecule has 0 saturated carbocycles. The molecule has 2 saturated heterocycles. The average molecular weight is 539 g/mol. The highest BCUT2D eigenvalue weighted by atomic mass is 19.4. The van der Waals surface area contributed by atoms with E-state index in [9.17, 15) is 27.9 Å². The van der Waals surface area contributed by atoms with Crippen molar-refractivity contribution in [2.45, 2.75) is 31.9 Å². The number of oxazole rings is 1. The quantitative estimate of drug-likeness (QED) is 0.356.